The summed E-state index contributed by atoms with van der Waals surface area (Å²) in [6.07, 6.45) is 0. The van der Waals surface area contributed by atoms with Crippen molar-refractivity contribution in [3.63, 3.8) is 0 Å². The summed E-state index contributed by atoms with van der Waals surface area (Å²) in [5, 5.41) is 4.20. The van der Waals surface area contributed by atoms with Gasteiger partial charge in [0, 0.05) is 18.1 Å². The molecular weight excluding hydrogens is 265 g/mol. The molecule has 0 heterocycles. The Hall–Kier alpha value is -1.02. The van der Waals surface area contributed by atoms with Crippen molar-refractivity contribution >= 4 is 24.0 Å². The van der Waals surface area contributed by atoms with Gasteiger partial charge in [0.2, 0.25) is 0 Å². The highest BCUT2D eigenvalue weighted by Crippen LogP contribution is 2.10. The van der Waals surface area contributed by atoms with E-state index in [1.54, 1.807) is 0 Å². The SMILES string of the molecule is Cc1ccc(CNCc2cccc(Cl)c2)cc1.Cl. The average Bonchev–Trinajstić information content (AvgIpc) is 2.32. The Morgan fingerprint density at radius 1 is 0.944 bits per heavy atom. The van der Waals surface area contributed by atoms with Gasteiger partial charge in [-0.2, -0.15) is 0 Å². The van der Waals surface area contributed by atoms with Crippen molar-refractivity contribution < 1.29 is 0 Å². The van der Waals surface area contributed by atoms with Crippen LogP contribution in [-0.4, -0.2) is 0 Å². The summed E-state index contributed by atoms with van der Waals surface area (Å²) in [6.45, 7) is 3.82. The molecule has 0 saturated carbocycles. The third kappa shape index (κ3) is 4.69. The molecule has 96 valence electrons. The molecule has 0 saturated heterocycles. The zero-order valence-corrected chi connectivity index (χ0v) is 11.9. The smallest absolute Gasteiger partial charge is 0.0409 e. The first-order valence-corrected chi connectivity index (χ1v) is 6.12. The van der Waals surface area contributed by atoms with Crippen molar-refractivity contribution in [2.75, 3.05) is 0 Å². The molecule has 0 amide bonds. The highest BCUT2D eigenvalue weighted by Gasteiger charge is 1.95. The van der Waals surface area contributed by atoms with Crippen LogP contribution in [-0.2, 0) is 13.1 Å². The summed E-state index contributed by atoms with van der Waals surface area (Å²) in [5.41, 5.74) is 3.81. The molecule has 0 unspecified atom stereocenters. The van der Waals surface area contributed by atoms with Gasteiger partial charge in [0.05, 0.1) is 0 Å². The van der Waals surface area contributed by atoms with E-state index in [1.807, 2.05) is 18.2 Å². The molecule has 0 radical (unpaired) electrons. The monoisotopic (exact) mass is 281 g/mol. The largest absolute Gasteiger partial charge is 0.309 e. The van der Waals surface area contributed by atoms with Gasteiger partial charge in [-0.05, 0) is 30.2 Å². The fourth-order valence-corrected chi connectivity index (χ4v) is 1.92. The van der Waals surface area contributed by atoms with Gasteiger partial charge in [-0.25, -0.2) is 0 Å². The minimum absolute atomic E-state index is 0. The van der Waals surface area contributed by atoms with Gasteiger partial charge in [0.25, 0.3) is 0 Å². The van der Waals surface area contributed by atoms with Crippen LogP contribution in [0.2, 0.25) is 5.02 Å². The van der Waals surface area contributed by atoms with E-state index in [4.69, 9.17) is 11.6 Å². The van der Waals surface area contributed by atoms with Crippen LogP contribution >= 0.6 is 24.0 Å². The van der Waals surface area contributed by atoms with Gasteiger partial charge < -0.3 is 5.32 Å². The van der Waals surface area contributed by atoms with Gasteiger partial charge in [-0.15, -0.1) is 12.4 Å². The number of hydrogen-bond donors (Lipinski definition) is 1. The highest BCUT2D eigenvalue weighted by atomic mass is 35.5. The topological polar surface area (TPSA) is 12.0 Å². The molecule has 0 aromatic heterocycles. The van der Waals surface area contributed by atoms with Gasteiger partial charge >= 0.3 is 0 Å². The normalized spacial score (nSPS) is 9.89. The van der Waals surface area contributed by atoms with Crippen LogP contribution < -0.4 is 5.32 Å². The van der Waals surface area contributed by atoms with Crippen LogP contribution in [0.25, 0.3) is 0 Å². The van der Waals surface area contributed by atoms with Crippen molar-refractivity contribution in [1.82, 2.24) is 5.32 Å². The third-order valence-electron chi connectivity index (χ3n) is 2.67. The van der Waals surface area contributed by atoms with Crippen LogP contribution in [0.15, 0.2) is 48.5 Å². The predicted molar refractivity (Wildman–Crippen MR) is 80.4 cm³/mol. The Morgan fingerprint density at radius 2 is 1.61 bits per heavy atom. The lowest BCUT2D eigenvalue weighted by Crippen LogP contribution is -2.12. The molecular formula is C15H17Cl2N. The third-order valence-corrected chi connectivity index (χ3v) is 2.90. The molecule has 3 heteroatoms. The van der Waals surface area contributed by atoms with Gasteiger partial charge in [-0.3, -0.25) is 0 Å². The first-order chi connectivity index (χ1) is 8.24. The highest BCUT2D eigenvalue weighted by molar-refractivity contribution is 6.30. The number of rotatable bonds is 4. The quantitative estimate of drug-likeness (QED) is 0.878. The van der Waals surface area contributed by atoms with Crippen molar-refractivity contribution in [2.45, 2.75) is 20.0 Å². The summed E-state index contributed by atoms with van der Waals surface area (Å²) < 4.78 is 0. The molecule has 18 heavy (non-hydrogen) atoms. The molecule has 1 N–H and O–H groups in total. The first-order valence-electron chi connectivity index (χ1n) is 5.75. The number of aryl methyl sites for hydroxylation is 1. The molecule has 2 aromatic rings. The summed E-state index contributed by atoms with van der Waals surface area (Å²) in [7, 11) is 0. The molecule has 1 nitrogen and oxygen atoms in total. The second kappa shape index (κ2) is 7.42. The maximum Gasteiger partial charge on any atom is 0.0409 e. The van der Waals surface area contributed by atoms with E-state index in [2.05, 4.69) is 42.6 Å². The van der Waals surface area contributed by atoms with E-state index in [0.29, 0.717) is 0 Å². The van der Waals surface area contributed by atoms with Crippen molar-refractivity contribution in [3.8, 4) is 0 Å². The van der Waals surface area contributed by atoms with E-state index < -0.39 is 0 Å². The van der Waals surface area contributed by atoms with Gasteiger partial charge in [0.15, 0.2) is 0 Å². The Balaban J connectivity index is 0.00000162. The number of hydrogen-bond acceptors (Lipinski definition) is 1. The Bertz CT molecular complexity index is 480. The number of benzene rings is 2. The standard InChI is InChI=1S/C15H16ClN.ClH/c1-12-5-7-13(8-6-12)10-17-11-14-3-2-4-15(16)9-14;/h2-9,17H,10-11H2,1H3;1H. The first kappa shape index (κ1) is 15.0. The molecule has 0 atom stereocenters. The zero-order valence-electron chi connectivity index (χ0n) is 10.3. The minimum atomic E-state index is 0. The number of nitrogens with one attached hydrogen (secondary N) is 1. The van der Waals surface area contributed by atoms with Gasteiger partial charge in [-0.1, -0.05) is 53.6 Å². The maximum atomic E-state index is 5.93. The van der Waals surface area contributed by atoms with Crippen LogP contribution in [0.1, 0.15) is 16.7 Å². The second-order valence-corrected chi connectivity index (χ2v) is 4.66. The van der Waals surface area contributed by atoms with E-state index in [-0.39, 0.29) is 12.4 Å². The lowest BCUT2D eigenvalue weighted by atomic mass is 10.1. The maximum absolute atomic E-state index is 5.93. The summed E-state index contributed by atoms with van der Waals surface area (Å²) >= 11 is 5.93. The molecule has 0 bridgehead atoms. The fourth-order valence-electron chi connectivity index (χ4n) is 1.70. The minimum Gasteiger partial charge on any atom is -0.309 e. The van der Waals surface area contributed by atoms with Crippen LogP contribution in [0, 0.1) is 6.92 Å². The molecule has 0 aliphatic heterocycles. The Morgan fingerprint density at radius 3 is 2.28 bits per heavy atom. The van der Waals surface area contributed by atoms with E-state index in [0.717, 1.165) is 18.1 Å². The lowest BCUT2D eigenvalue weighted by Gasteiger charge is -2.06. The van der Waals surface area contributed by atoms with Crippen molar-refractivity contribution in [3.05, 3.63) is 70.2 Å². The fraction of sp³-hybridized carbons (Fsp3) is 0.200. The lowest BCUT2D eigenvalue weighted by molar-refractivity contribution is 0.693. The van der Waals surface area contributed by atoms with Gasteiger partial charge in [0.1, 0.15) is 0 Å². The Labute approximate surface area is 120 Å². The van der Waals surface area contributed by atoms with Crippen LogP contribution in [0.3, 0.4) is 0 Å². The van der Waals surface area contributed by atoms with Crippen LogP contribution in [0.5, 0.6) is 0 Å². The zero-order chi connectivity index (χ0) is 12.1. The van der Waals surface area contributed by atoms with Crippen molar-refractivity contribution in [2.24, 2.45) is 0 Å². The average molecular weight is 282 g/mol. The molecule has 0 aliphatic rings. The molecule has 0 spiro atoms. The molecule has 2 aromatic carbocycles. The summed E-state index contributed by atoms with van der Waals surface area (Å²) in [4.78, 5) is 0. The molecule has 0 fully saturated rings. The van der Waals surface area contributed by atoms with E-state index >= 15 is 0 Å². The summed E-state index contributed by atoms with van der Waals surface area (Å²) in [6, 6.07) is 16.5. The molecule has 2 rings (SSSR count). The molecule has 0 aliphatic carbocycles. The predicted octanol–water partition coefficient (Wildman–Crippen LogP) is 4.36. The Kier molecular flexibility index (Phi) is 6.20. The van der Waals surface area contributed by atoms with Crippen molar-refractivity contribution in [1.29, 1.82) is 0 Å². The van der Waals surface area contributed by atoms with E-state index in [9.17, 15) is 0 Å². The second-order valence-electron chi connectivity index (χ2n) is 4.22. The number of halogens is 2. The van der Waals surface area contributed by atoms with Crippen LogP contribution in [0.4, 0.5) is 0 Å². The van der Waals surface area contributed by atoms with E-state index in [1.165, 1.54) is 16.7 Å². The summed E-state index contributed by atoms with van der Waals surface area (Å²) in [5.74, 6) is 0.